The number of aromatic nitrogens is 2. The van der Waals surface area contributed by atoms with E-state index in [1.165, 1.54) is 5.56 Å². The molecule has 0 spiro atoms. The number of para-hydroxylation sites is 1. The number of nitrogens with zero attached hydrogens (tertiary/aromatic N) is 2. The highest BCUT2D eigenvalue weighted by Crippen LogP contribution is 2.38. The highest BCUT2D eigenvalue weighted by Gasteiger charge is 2.40. The summed E-state index contributed by atoms with van der Waals surface area (Å²) in [5, 5.41) is 4.11. The molecule has 5 heteroatoms. The lowest BCUT2D eigenvalue weighted by Crippen LogP contribution is -2.43. The molecule has 0 saturated heterocycles. The predicted molar refractivity (Wildman–Crippen MR) is 72.4 cm³/mol. The van der Waals surface area contributed by atoms with Gasteiger partial charge in [-0.3, -0.25) is 0 Å². The van der Waals surface area contributed by atoms with E-state index >= 15 is 0 Å². The summed E-state index contributed by atoms with van der Waals surface area (Å²) in [6.45, 7) is 0.591. The zero-order chi connectivity index (χ0) is 13.6. The zero-order valence-electron chi connectivity index (χ0n) is 11.2. The highest BCUT2D eigenvalue weighted by molar-refractivity contribution is 5.36. The minimum Gasteiger partial charge on any atom is -0.493 e. The Morgan fingerprint density at radius 1 is 1.25 bits per heavy atom. The van der Waals surface area contributed by atoms with Crippen molar-refractivity contribution in [3.05, 3.63) is 41.5 Å². The zero-order valence-corrected chi connectivity index (χ0v) is 11.2. The third kappa shape index (κ3) is 1.81. The lowest BCUT2D eigenvalue weighted by Gasteiger charge is -2.33. The number of fused-ring (bicyclic) bond motifs is 1. The molecule has 2 heterocycles. The van der Waals surface area contributed by atoms with Gasteiger partial charge in [-0.15, -0.1) is 0 Å². The van der Waals surface area contributed by atoms with E-state index < -0.39 is 5.54 Å². The first-order valence-electron chi connectivity index (χ1n) is 7.08. The maximum absolute atomic E-state index is 6.22. The average molecular weight is 271 g/mol. The smallest absolute Gasteiger partial charge is 0.246 e. The Bertz CT molecular complexity index is 634. The Hall–Kier alpha value is -1.88. The van der Waals surface area contributed by atoms with E-state index in [9.17, 15) is 0 Å². The van der Waals surface area contributed by atoms with E-state index in [4.69, 9.17) is 15.0 Å². The fraction of sp³-hybridized carbons (Fsp3) is 0.467. The summed E-state index contributed by atoms with van der Waals surface area (Å²) in [6.07, 6.45) is 3.87. The second-order valence-electron chi connectivity index (χ2n) is 5.79. The van der Waals surface area contributed by atoms with E-state index in [0.717, 1.165) is 31.4 Å². The van der Waals surface area contributed by atoms with Crippen LogP contribution in [-0.4, -0.2) is 16.7 Å². The van der Waals surface area contributed by atoms with E-state index in [0.29, 0.717) is 18.3 Å². The van der Waals surface area contributed by atoms with Gasteiger partial charge in [0.1, 0.15) is 5.75 Å². The van der Waals surface area contributed by atoms with Crippen molar-refractivity contribution in [1.82, 2.24) is 10.1 Å². The Morgan fingerprint density at radius 2 is 2.10 bits per heavy atom. The molecule has 20 heavy (non-hydrogen) atoms. The van der Waals surface area contributed by atoms with Gasteiger partial charge in [0.25, 0.3) is 0 Å². The fourth-order valence-corrected chi connectivity index (χ4v) is 2.87. The van der Waals surface area contributed by atoms with Crippen molar-refractivity contribution in [3.8, 4) is 5.75 Å². The molecule has 5 nitrogen and oxygen atoms in total. The molecular weight excluding hydrogens is 254 g/mol. The lowest BCUT2D eigenvalue weighted by atomic mass is 9.77. The van der Waals surface area contributed by atoms with Crippen molar-refractivity contribution in [1.29, 1.82) is 0 Å². The van der Waals surface area contributed by atoms with Crippen molar-refractivity contribution >= 4 is 0 Å². The third-order valence-corrected chi connectivity index (χ3v) is 4.36. The molecule has 2 N–H and O–H groups in total. The monoisotopic (exact) mass is 271 g/mol. The molecule has 0 radical (unpaired) electrons. The first kappa shape index (κ1) is 11.9. The molecule has 1 aliphatic heterocycles. The summed E-state index contributed by atoms with van der Waals surface area (Å²) in [5.41, 5.74) is 7.02. The van der Waals surface area contributed by atoms with Gasteiger partial charge in [-0.05, 0) is 37.3 Å². The standard InChI is InChI=1S/C15H17N3O2/c16-15(6-3-7-15)14-17-13(18-20-14)11-8-10-4-1-2-5-12(10)19-9-11/h1-2,4-5,11H,3,6-9,16H2. The first-order chi connectivity index (χ1) is 9.74. The van der Waals surface area contributed by atoms with Crippen LogP contribution in [0.15, 0.2) is 28.8 Å². The molecule has 0 amide bonds. The molecule has 1 atom stereocenters. The Kier molecular flexibility index (Phi) is 2.57. The highest BCUT2D eigenvalue weighted by atomic mass is 16.5. The van der Waals surface area contributed by atoms with Crippen LogP contribution in [0, 0.1) is 0 Å². The molecule has 104 valence electrons. The predicted octanol–water partition coefficient (Wildman–Crippen LogP) is 2.13. The van der Waals surface area contributed by atoms with Crippen LogP contribution in [0.5, 0.6) is 5.75 Å². The molecule has 1 fully saturated rings. The number of benzene rings is 1. The fourth-order valence-electron chi connectivity index (χ4n) is 2.87. The molecule has 1 unspecified atom stereocenters. The SMILES string of the molecule is NC1(c2nc(C3COc4ccccc4C3)no2)CCC1. The number of ether oxygens (including phenoxy) is 1. The quantitative estimate of drug-likeness (QED) is 0.905. The second-order valence-corrected chi connectivity index (χ2v) is 5.79. The minimum atomic E-state index is -0.390. The van der Waals surface area contributed by atoms with Gasteiger partial charge < -0.3 is 15.0 Å². The molecular formula is C15H17N3O2. The second kappa shape index (κ2) is 4.31. The average Bonchev–Trinajstić information content (AvgIpc) is 2.94. The Labute approximate surface area is 117 Å². The summed E-state index contributed by atoms with van der Waals surface area (Å²) >= 11 is 0. The van der Waals surface area contributed by atoms with Gasteiger partial charge in [0.05, 0.1) is 18.1 Å². The van der Waals surface area contributed by atoms with E-state index in [2.05, 4.69) is 16.2 Å². The number of nitrogens with two attached hydrogens (primary N) is 1. The summed E-state index contributed by atoms with van der Waals surface area (Å²) in [6, 6.07) is 8.09. The Balaban J connectivity index is 1.57. The van der Waals surface area contributed by atoms with Crippen LogP contribution in [0.2, 0.25) is 0 Å². The summed E-state index contributed by atoms with van der Waals surface area (Å²) < 4.78 is 11.1. The van der Waals surface area contributed by atoms with Crippen LogP contribution < -0.4 is 10.5 Å². The molecule has 1 saturated carbocycles. The maximum Gasteiger partial charge on any atom is 0.246 e. The van der Waals surface area contributed by atoms with Crippen molar-refractivity contribution < 1.29 is 9.26 Å². The molecule has 2 aliphatic rings. The van der Waals surface area contributed by atoms with Crippen molar-refractivity contribution in [2.45, 2.75) is 37.1 Å². The van der Waals surface area contributed by atoms with Gasteiger partial charge in [-0.25, -0.2) is 0 Å². The maximum atomic E-state index is 6.22. The van der Waals surface area contributed by atoms with Gasteiger partial charge in [0.2, 0.25) is 5.89 Å². The van der Waals surface area contributed by atoms with Gasteiger partial charge in [-0.2, -0.15) is 4.98 Å². The topological polar surface area (TPSA) is 74.2 Å². The molecule has 1 aromatic heterocycles. The number of hydrogen-bond acceptors (Lipinski definition) is 5. The molecule has 2 aromatic rings. The summed E-state index contributed by atoms with van der Waals surface area (Å²) in [7, 11) is 0. The van der Waals surface area contributed by atoms with Crippen molar-refractivity contribution in [2.24, 2.45) is 5.73 Å². The van der Waals surface area contributed by atoms with Gasteiger partial charge >= 0.3 is 0 Å². The molecule has 1 aliphatic carbocycles. The lowest BCUT2D eigenvalue weighted by molar-refractivity contribution is 0.180. The van der Waals surface area contributed by atoms with Crippen LogP contribution in [0.4, 0.5) is 0 Å². The van der Waals surface area contributed by atoms with Crippen LogP contribution >= 0.6 is 0 Å². The molecule has 1 aromatic carbocycles. The molecule has 4 rings (SSSR count). The van der Waals surface area contributed by atoms with Crippen molar-refractivity contribution in [2.75, 3.05) is 6.61 Å². The normalized spacial score (nSPS) is 23.6. The van der Waals surface area contributed by atoms with Gasteiger partial charge in [0.15, 0.2) is 5.82 Å². The van der Waals surface area contributed by atoms with E-state index in [1.807, 2.05) is 18.2 Å². The summed E-state index contributed by atoms with van der Waals surface area (Å²) in [5.74, 6) is 2.40. The number of rotatable bonds is 2. The minimum absolute atomic E-state index is 0.145. The largest absolute Gasteiger partial charge is 0.493 e. The van der Waals surface area contributed by atoms with E-state index in [1.54, 1.807) is 0 Å². The third-order valence-electron chi connectivity index (χ3n) is 4.36. The first-order valence-corrected chi connectivity index (χ1v) is 7.08. The van der Waals surface area contributed by atoms with E-state index in [-0.39, 0.29) is 5.92 Å². The van der Waals surface area contributed by atoms with Crippen LogP contribution in [0.3, 0.4) is 0 Å². The van der Waals surface area contributed by atoms with Gasteiger partial charge in [-0.1, -0.05) is 23.4 Å². The van der Waals surface area contributed by atoms with Gasteiger partial charge in [0, 0.05) is 0 Å². The Morgan fingerprint density at radius 3 is 2.90 bits per heavy atom. The van der Waals surface area contributed by atoms with Crippen LogP contribution in [0.25, 0.3) is 0 Å². The van der Waals surface area contributed by atoms with Crippen LogP contribution in [-0.2, 0) is 12.0 Å². The van der Waals surface area contributed by atoms with Crippen LogP contribution in [0.1, 0.15) is 42.5 Å². The van der Waals surface area contributed by atoms with Crippen molar-refractivity contribution in [3.63, 3.8) is 0 Å². The number of hydrogen-bond donors (Lipinski definition) is 1. The molecule has 0 bridgehead atoms. The summed E-state index contributed by atoms with van der Waals surface area (Å²) in [4.78, 5) is 4.52.